The number of rotatable bonds is 6. The first kappa shape index (κ1) is 23.9. The van der Waals surface area contributed by atoms with Gasteiger partial charge in [0.2, 0.25) is 0 Å². The predicted octanol–water partition coefficient (Wildman–Crippen LogP) is 6.15. The van der Waals surface area contributed by atoms with Gasteiger partial charge >= 0.3 is 0 Å². The van der Waals surface area contributed by atoms with Crippen molar-refractivity contribution in [2.75, 3.05) is 17.6 Å². The molecule has 2 aliphatic rings. The van der Waals surface area contributed by atoms with Crippen molar-refractivity contribution in [3.05, 3.63) is 95.2 Å². The van der Waals surface area contributed by atoms with Crippen molar-refractivity contribution in [3.63, 3.8) is 0 Å². The van der Waals surface area contributed by atoms with Crippen molar-refractivity contribution in [2.45, 2.75) is 24.2 Å². The first-order valence-electron chi connectivity index (χ1n) is 11.6. The van der Waals surface area contributed by atoms with Crippen LogP contribution in [-0.4, -0.2) is 28.8 Å². The number of carbonyl (C=O) groups excluding carboxylic acids is 2. The number of hydrogen-bond donors (Lipinski definition) is 1. The highest BCUT2D eigenvalue weighted by atomic mass is 32.2. The number of hydrogen-bond acceptors (Lipinski definition) is 6. The van der Waals surface area contributed by atoms with Crippen molar-refractivity contribution in [1.82, 2.24) is 4.98 Å². The molecule has 0 spiro atoms. The minimum Gasteiger partial charge on any atom is -0.453 e. The maximum Gasteiger partial charge on any atom is 0.196 e. The first-order valence-corrected chi connectivity index (χ1v) is 12.5. The lowest BCUT2D eigenvalue weighted by atomic mass is 9.88. The van der Waals surface area contributed by atoms with Crippen LogP contribution in [0, 0.1) is 11.6 Å². The Labute approximate surface area is 211 Å². The van der Waals surface area contributed by atoms with Crippen LogP contribution in [0.5, 0.6) is 11.5 Å². The average Bonchev–Trinajstić information content (AvgIpc) is 3.13. The van der Waals surface area contributed by atoms with E-state index in [9.17, 15) is 18.4 Å². The number of benzene rings is 2. The molecule has 3 aromatic rings. The zero-order chi connectivity index (χ0) is 25.1. The summed E-state index contributed by atoms with van der Waals surface area (Å²) in [5.41, 5.74) is 1.40. The van der Waals surface area contributed by atoms with Gasteiger partial charge in [0.15, 0.2) is 23.1 Å². The summed E-state index contributed by atoms with van der Waals surface area (Å²) in [6.45, 7) is 0.813. The number of pyridine rings is 1. The summed E-state index contributed by atoms with van der Waals surface area (Å²) in [5, 5.41) is 3.25. The highest BCUT2D eigenvalue weighted by Gasteiger charge is 2.25. The third-order valence-electron chi connectivity index (χ3n) is 5.90. The molecule has 0 unspecified atom stereocenters. The van der Waals surface area contributed by atoms with Gasteiger partial charge in [0.05, 0.1) is 10.5 Å². The largest absolute Gasteiger partial charge is 0.453 e. The minimum absolute atomic E-state index is 0.0407. The van der Waals surface area contributed by atoms with Crippen LogP contribution in [0.25, 0.3) is 5.57 Å². The summed E-state index contributed by atoms with van der Waals surface area (Å²) in [6, 6.07) is 11.6. The van der Waals surface area contributed by atoms with Crippen LogP contribution in [0.1, 0.15) is 24.0 Å². The highest BCUT2D eigenvalue weighted by molar-refractivity contribution is 7.99. The minimum atomic E-state index is -0.603. The number of aromatic nitrogens is 1. The molecule has 0 atom stereocenters. The lowest BCUT2D eigenvalue weighted by Gasteiger charge is -2.15. The van der Waals surface area contributed by atoms with Gasteiger partial charge in [-0.3, -0.25) is 9.59 Å². The standard InChI is InChI=1S/C28H22F2N2O3S/c29-19-8-6-18(7-9-19)20-3-1-4-21(26(20)34)23(33)16-17-5-10-24(22(30)15-17)35-25-11-13-32-28-27(25)36-14-2-12-31-28/h3-11,13,15H,1-2,12,14,16H2,(H,31,32). The Balaban J connectivity index is 1.29. The molecule has 36 heavy (non-hydrogen) atoms. The summed E-state index contributed by atoms with van der Waals surface area (Å²) in [7, 11) is 0. The van der Waals surface area contributed by atoms with Crippen molar-refractivity contribution >= 4 is 34.7 Å². The number of Topliss-reactive ketones (excluding diaryl/α,β-unsaturated/α-hetero) is 2. The van der Waals surface area contributed by atoms with E-state index in [4.69, 9.17) is 4.74 Å². The predicted molar refractivity (Wildman–Crippen MR) is 135 cm³/mol. The van der Waals surface area contributed by atoms with Crippen LogP contribution in [0.2, 0.25) is 0 Å². The SMILES string of the molecule is O=C(Cc1ccc(Oc2ccnc3c2SCCCN3)c(F)c1)C1=CCC=C(c2ccc(F)cc2)C1=O. The van der Waals surface area contributed by atoms with Crippen LogP contribution < -0.4 is 10.1 Å². The normalized spacial score (nSPS) is 15.2. The molecule has 1 N–H and O–H groups in total. The van der Waals surface area contributed by atoms with Crippen molar-refractivity contribution in [3.8, 4) is 11.5 Å². The third kappa shape index (κ3) is 5.09. The number of nitrogens with zero attached hydrogens (tertiary/aromatic N) is 1. The number of carbonyl (C=O) groups is 2. The fraction of sp³-hybridized carbons (Fsp3) is 0.179. The summed E-state index contributed by atoms with van der Waals surface area (Å²) in [5.74, 6) is 0.353. The van der Waals surface area contributed by atoms with Gasteiger partial charge in [0.1, 0.15) is 17.4 Å². The van der Waals surface area contributed by atoms with E-state index in [1.165, 1.54) is 36.4 Å². The third-order valence-corrected chi connectivity index (χ3v) is 7.07. The summed E-state index contributed by atoms with van der Waals surface area (Å²) >= 11 is 1.61. The Bertz CT molecular complexity index is 1400. The Kier molecular flexibility index (Phi) is 6.95. The molecule has 1 aliphatic carbocycles. The molecule has 0 saturated carbocycles. The molecule has 0 fully saturated rings. The van der Waals surface area contributed by atoms with Crippen LogP contribution in [0.3, 0.4) is 0 Å². The highest BCUT2D eigenvalue weighted by Crippen LogP contribution is 2.39. The smallest absolute Gasteiger partial charge is 0.196 e. The van der Waals surface area contributed by atoms with E-state index in [1.54, 1.807) is 42.2 Å². The molecular weight excluding hydrogens is 482 g/mol. The zero-order valence-electron chi connectivity index (χ0n) is 19.2. The van der Waals surface area contributed by atoms with Gasteiger partial charge in [-0.25, -0.2) is 13.8 Å². The number of fused-ring (bicyclic) bond motifs is 1. The Hall–Kier alpha value is -3.78. The molecule has 0 radical (unpaired) electrons. The van der Waals surface area contributed by atoms with Gasteiger partial charge in [-0.2, -0.15) is 0 Å². The molecule has 0 amide bonds. The monoisotopic (exact) mass is 504 g/mol. The fourth-order valence-corrected chi connectivity index (χ4v) is 5.12. The van der Waals surface area contributed by atoms with E-state index in [-0.39, 0.29) is 17.7 Å². The number of halogens is 2. The quantitative estimate of drug-likeness (QED) is 0.406. The van der Waals surface area contributed by atoms with Gasteiger partial charge in [-0.05, 0) is 54.0 Å². The Morgan fingerprint density at radius 2 is 1.89 bits per heavy atom. The van der Waals surface area contributed by atoms with Gasteiger partial charge in [0.25, 0.3) is 0 Å². The molecule has 1 aliphatic heterocycles. The van der Waals surface area contributed by atoms with Crippen molar-refractivity contribution < 1.29 is 23.1 Å². The molecule has 2 heterocycles. The van der Waals surface area contributed by atoms with Gasteiger partial charge in [-0.1, -0.05) is 30.4 Å². The molecule has 5 rings (SSSR count). The van der Waals surface area contributed by atoms with Crippen LogP contribution >= 0.6 is 11.8 Å². The molecule has 0 bridgehead atoms. The van der Waals surface area contributed by atoms with Crippen molar-refractivity contribution in [1.29, 1.82) is 0 Å². The average molecular weight is 505 g/mol. The Morgan fingerprint density at radius 3 is 2.69 bits per heavy atom. The van der Waals surface area contributed by atoms with Crippen molar-refractivity contribution in [2.24, 2.45) is 0 Å². The second-order valence-electron chi connectivity index (χ2n) is 8.39. The Morgan fingerprint density at radius 1 is 1.06 bits per heavy atom. The second-order valence-corrected chi connectivity index (χ2v) is 9.49. The lowest BCUT2D eigenvalue weighted by Crippen LogP contribution is -2.18. The topological polar surface area (TPSA) is 68.3 Å². The van der Waals surface area contributed by atoms with E-state index in [2.05, 4.69) is 10.3 Å². The van der Waals surface area contributed by atoms with E-state index in [0.717, 1.165) is 29.4 Å². The number of anilines is 1. The summed E-state index contributed by atoms with van der Waals surface area (Å²) < 4.78 is 34.1. The number of thioether (sulfide) groups is 1. The van der Waals surface area contributed by atoms with Crippen LogP contribution in [0.4, 0.5) is 14.6 Å². The maximum absolute atomic E-state index is 14.9. The van der Waals surface area contributed by atoms with Gasteiger partial charge in [0, 0.05) is 30.8 Å². The van der Waals surface area contributed by atoms with Crippen LogP contribution in [0.15, 0.2) is 77.3 Å². The summed E-state index contributed by atoms with van der Waals surface area (Å²) in [6.07, 6.45) is 6.16. The molecule has 5 nitrogen and oxygen atoms in total. The molecule has 1 aromatic heterocycles. The number of ether oxygens (including phenoxy) is 1. The molecule has 0 saturated heterocycles. The van der Waals surface area contributed by atoms with Crippen LogP contribution in [-0.2, 0) is 16.0 Å². The maximum atomic E-state index is 14.9. The molecule has 2 aromatic carbocycles. The first-order chi connectivity index (χ1) is 17.5. The van der Waals surface area contributed by atoms with E-state index in [1.807, 2.05) is 0 Å². The number of nitrogens with one attached hydrogen (secondary N) is 1. The second kappa shape index (κ2) is 10.5. The zero-order valence-corrected chi connectivity index (χ0v) is 20.0. The van der Waals surface area contributed by atoms with E-state index in [0.29, 0.717) is 28.9 Å². The lowest BCUT2D eigenvalue weighted by molar-refractivity contribution is -0.118. The number of allylic oxidation sites excluding steroid dienone is 4. The number of ketones is 2. The molecule has 182 valence electrons. The van der Waals surface area contributed by atoms with Gasteiger partial charge < -0.3 is 10.1 Å². The molecule has 8 heteroatoms. The van der Waals surface area contributed by atoms with E-state index < -0.39 is 23.2 Å². The summed E-state index contributed by atoms with van der Waals surface area (Å²) in [4.78, 5) is 31.1. The fourth-order valence-electron chi connectivity index (χ4n) is 4.11. The molecular formula is C28H22F2N2O3S. The van der Waals surface area contributed by atoms with Gasteiger partial charge in [-0.15, -0.1) is 11.8 Å². The van der Waals surface area contributed by atoms with E-state index >= 15 is 0 Å².